The van der Waals surface area contributed by atoms with Gasteiger partial charge in [-0.05, 0) is 13.5 Å². The smallest absolute Gasteiger partial charge is 0.0593 e. The fraction of sp³-hybridized carbons (Fsp3) is 0.778. The maximum absolute atomic E-state index is 5.24. The summed E-state index contributed by atoms with van der Waals surface area (Å²) in [6.07, 6.45) is 1.93. The highest BCUT2D eigenvalue weighted by molar-refractivity contribution is 4.72. The van der Waals surface area contributed by atoms with Crippen LogP contribution in [0.4, 0.5) is 0 Å². The molecule has 0 fully saturated rings. The van der Waals surface area contributed by atoms with Crippen LogP contribution in [0.5, 0.6) is 0 Å². The van der Waals surface area contributed by atoms with Crippen LogP contribution in [-0.2, 0) is 4.74 Å². The van der Waals surface area contributed by atoms with Crippen LogP contribution in [0.15, 0.2) is 12.7 Å². The number of hydrogen-bond acceptors (Lipinski definition) is 2. The van der Waals surface area contributed by atoms with Crippen molar-refractivity contribution in [1.82, 2.24) is 4.90 Å². The molecule has 0 aliphatic heterocycles. The molecule has 0 saturated carbocycles. The zero-order valence-electron chi connectivity index (χ0n) is 7.68. The van der Waals surface area contributed by atoms with Crippen LogP contribution in [0.1, 0.15) is 13.8 Å². The van der Waals surface area contributed by atoms with Gasteiger partial charge < -0.3 is 4.74 Å². The summed E-state index contributed by atoms with van der Waals surface area (Å²) >= 11 is 0. The Morgan fingerprint density at radius 1 is 1.45 bits per heavy atom. The predicted molar refractivity (Wildman–Crippen MR) is 48.8 cm³/mol. The maximum atomic E-state index is 5.24. The molecule has 0 bridgehead atoms. The summed E-state index contributed by atoms with van der Waals surface area (Å²) < 4.78 is 5.24. The molecule has 0 atom stereocenters. The van der Waals surface area contributed by atoms with Crippen LogP contribution < -0.4 is 0 Å². The molecule has 0 aromatic heterocycles. The minimum absolute atomic E-state index is 0.811. The van der Waals surface area contributed by atoms with Crippen LogP contribution in [-0.4, -0.2) is 37.7 Å². The molecule has 0 amide bonds. The average molecular weight is 157 g/mol. The Balaban J connectivity index is 3.27. The molecular formula is C9H19NO. The third kappa shape index (κ3) is 6.07. The van der Waals surface area contributed by atoms with Gasteiger partial charge in [0.05, 0.1) is 6.61 Å². The summed E-state index contributed by atoms with van der Waals surface area (Å²) in [6, 6.07) is 0. The molecule has 2 nitrogen and oxygen atoms in total. The number of rotatable bonds is 7. The molecule has 0 aromatic carbocycles. The molecule has 0 aliphatic carbocycles. The van der Waals surface area contributed by atoms with E-state index in [1.165, 1.54) is 0 Å². The van der Waals surface area contributed by atoms with Crippen molar-refractivity contribution in [1.29, 1.82) is 0 Å². The predicted octanol–water partition coefficient (Wildman–Crippen LogP) is 1.53. The number of likely N-dealkylation sites (N-methyl/N-ethyl adjacent to an activating group) is 1. The molecule has 2 heteroatoms. The Morgan fingerprint density at radius 3 is 2.64 bits per heavy atom. The van der Waals surface area contributed by atoms with Gasteiger partial charge in [0.1, 0.15) is 0 Å². The van der Waals surface area contributed by atoms with Crippen LogP contribution in [0, 0.1) is 0 Å². The highest BCUT2D eigenvalue weighted by Gasteiger charge is 1.97. The van der Waals surface area contributed by atoms with Gasteiger partial charge >= 0.3 is 0 Å². The summed E-state index contributed by atoms with van der Waals surface area (Å²) in [5.74, 6) is 0. The number of nitrogens with zero attached hydrogens (tertiary/aromatic N) is 1. The lowest BCUT2D eigenvalue weighted by Gasteiger charge is -2.17. The monoisotopic (exact) mass is 157 g/mol. The van der Waals surface area contributed by atoms with Crippen molar-refractivity contribution in [3.05, 3.63) is 12.7 Å². The van der Waals surface area contributed by atoms with Crippen molar-refractivity contribution in [2.24, 2.45) is 0 Å². The van der Waals surface area contributed by atoms with Crippen molar-refractivity contribution in [3.8, 4) is 0 Å². The van der Waals surface area contributed by atoms with E-state index in [2.05, 4.69) is 18.4 Å². The highest BCUT2D eigenvalue weighted by atomic mass is 16.5. The fourth-order valence-electron chi connectivity index (χ4n) is 0.899. The first-order valence-electron chi connectivity index (χ1n) is 4.26. The highest BCUT2D eigenvalue weighted by Crippen LogP contribution is 1.87. The van der Waals surface area contributed by atoms with Gasteiger partial charge in [0.15, 0.2) is 0 Å². The fourth-order valence-corrected chi connectivity index (χ4v) is 0.899. The lowest BCUT2D eigenvalue weighted by molar-refractivity contribution is 0.119. The second-order valence-electron chi connectivity index (χ2n) is 2.38. The topological polar surface area (TPSA) is 12.5 Å². The standard InChI is InChI=1S/C9H19NO/c1-4-7-10(5-2)8-9-11-6-3/h4H,1,5-9H2,2-3H3. The zero-order valence-corrected chi connectivity index (χ0v) is 7.68. The van der Waals surface area contributed by atoms with E-state index in [1.807, 2.05) is 13.0 Å². The van der Waals surface area contributed by atoms with Gasteiger partial charge in [0.25, 0.3) is 0 Å². The Bertz CT molecular complexity index is 93.6. The van der Waals surface area contributed by atoms with Gasteiger partial charge in [-0.25, -0.2) is 0 Å². The summed E-state index contributed by atoms with van der Waals surface area (Å²) in [5, 5.41) is 0. The first kappa shape index (κ1) is 10.7. The number of hydrogen-bond donors (Lipinski definition) is 0. The lowest BCUT2D eigenvalue weighted by atomic mass is 10.4. The molecule has 66 valence electrons. The maximum Gasteiger partial charge on any atom is 0.0593 e. The minimum atomic E-state index is 0.811. The van der Waals surface area contributed by atoms with Crippen LogP contribution in [0.25, 0.3) is 0 Å². The second kappa shape index (κ2) is 7.76. The van der Waals surface area contributed by atoms with E-state index in [-0.39, 0.29) is 0 Å². The molecule has 0 aromatic rings. The van der Waals surface area contributed by atoms with E-state index in [4.69, 9.17) is 4.74 Å². The molecule has 0 heterocycles. The van der Waals surface area contributed by atoms with E-state index in [1.54, 1.807) is 0 Å². The van der Waals surface area contributed by atoms with Crippen molar-refractivity contribution in [2.75, 3.05) is 32.8 Å². The van der Waals surface area contributed by atoms with Gasteiger partial charge in [-0.15, -0.1) is 6.58 Å². The molecular weight excluding hydrogens is 138 g/mol. The lowest BCUT2D eigenvalue weighted by Crippen LogP contribution is -2.27. The van der Waals surface area contributed by atoms with Crippen molar-refractivity contribution in [3.63, 3.8) is 0 Å². The third-order valence-corrected chi connectivity index (χ3v) is 1.59. The molecule has 0 radical (unpaired) electrons. The average Bonchev–Trinajstić information content (AvgIpc) is 2.03. The Hall–Kier alpha value is -0.340. The molecule has 0 rings (SSSR count). The van der Waals surface area contributed by atoms with Gasteiger partial charge in [-0.1, -0.05) is 13.0 Å². The first-order chi connectivity index (χ1) is 5.35. The van der Waals surface area contributed by atoms with E-state index >= 15 is 0 Å². The van der Waals surface area contributed by atoms with E-state index < -0.39 is 0 Å². The van der Waals surface area contributed by atoms with E-state index in [9.17, 15) is 0 Å². The van der Waals surface area contributed by atoms with Crippen molar-refractivity contribution >= 4 is 0 Å². The van der Waals surface area contributed by atoms with Crippen molar-refractivity contribution in [2.45, 2.75) is 13.8 Å². The Labute approximate surface area is 69.8 Å². The van der Waals surface area contributed by atoms with Crippen LogP contribution >= 0.6 is 0 Å². The Morgan fingerprint density at radius 2 is 2.18 bits per heavy atom. The van der Waals surface area contributed by atoms with Crippen LogP contribution in [0.2, 0.25) is 0 Å². The van der Waals surface area contributed by atoms with Crippen LogP contribution in [0.3, 0.4) is 0 Å². The molecule has 11 heavy (non-hydrogen) atoms. The van der Waals surface area contributed by atoms with Gasteiger partial charge in [-0.3, -0.25) is 4.90 Å². The van der Waals surface area contributed by atoms with E-state index in [0.29, 0.717) is 0 Å². The normalized spacial score (nSPS) is 10.5. The quantitative estimate of drug-likeness (QED) is 0.410. The second-order valence-corrected chi connectivity index (χ2v) is 2.38. The first-order valence-corrected chi connectivity index (χ1v) is 4.26. The summed E-state index contributed by atoms with van der Waals surface area (Å²) in [6.45, 7) is 12.5. The van der Waals surface area contributed by atoms with E-state index in [0.717, 1.165) is 32.8 Å². The molecule has 0 N–H and O–H groups in total. The van der Waals surface area contributed by atoms with Crippen molar-refractivity contribution < 1.29 is 4.74 Å². The Kier molecular flexibility index (Phi) is 7.52. The molecule has 0 unspecified atom stereocenters. The molecule has 0 saturated heterocycles. The zero-order chi connectivity index (χ0) is 8.53. The third-order valence-electron chi connectivity index (χ3n) is 1.59. The van der Waals surface area contributed by atoms with Gasteiger partial charge in [0.2, 0.25) is 0 Å². The summed E-state index contributed by atoms with van der Waals surface area (Å²) in [7, 11) is 0. The minimum Gasteiger partial charge on any atom is -0.380 e. The van der Waals surface area contributed by atoms with Gasteiger partial charge in [0, 0.05) is 19.7 Å². The molecule has 0 spiro atoms. The summed E-state index contributed by atoms with van der Waals surface area (Å²) in [5.41, 5.74) is 0. The summed E-state index contributed by atoms with van der Waals surface area (Å²) in [4.78, 5) is 2.29. The molecule has 0 aliphatic rings. The number of ether oxygens (including phenoxy) is 1. The SMILES string of the molecule is C=CCN(CC)CCOCC. The van der Waals surface area contributed by atoms with Gasteiger partial charge in [-0.2, -0.15) is 0 Å². The largest absolute Gasteiger partial charge is 0.380 e.